The predicted molar refractivity (Wildman–Crippen MR) is 41.4 cm³/mol. The molecule has 0 bridgehead atoms. The van der Waals surface area contributed by atoms with Crippen molar-refractivity contribution in [1.29, 1.82) is 0 Å². The van der Waals surface area contributed by atoms with E-state index >= 15 is 0 Å². The maximum Gasteiger partial charge on any atom is -0.0417 e. The number of rotatable bonds is 0. The third-order valence-electron chi connectivity index (χ3n) is 2.79. The molecule has 9 heavy (non-hydrogen) atoms. The molecule has 0 radical (unpaired) electrons. The summed E-state index contributed by atoms with van der Waals surface area (Å²) in [5.74, 6) is 1.99. The second kappa shape index (κ2) is 3.24. The van der Waals surface area contributed by atoms with Crippen LogP contribution in [0.25, 0.3) is 0 Å². The Morgan fingerprint density at radius 3 is 1.67 bits per heavy atom. The standard InChI is InChI=1S/C9H18/c1-8-6-4-3-5-7-9(8)2/h8-9H,3-7H2,1-2H3/t8-,9-/m1/s1. The lowest BCUT2D eigenvalue weighted by molar-refractivity contribution is 0.367. The molecule has 0 spiro atoms. The summed E-state index contributed by atoms with van der Waals surface area (Å²) in [7, 11) is 0. The molecule has 0 nitrogen and oxygen atoms in total. The van der Waals surface area contributed by atoms with Gasteiger partial charge in [0.25, 0.3) is 0 Å². The Morgan fingerprint density at radius 2 is 1.22 bits per heavy atom. The average Bonchev–Trinajstić information content (AvgIpc) is 1.99. The van der Waals surface area contributed by atoms with Crippen LogP contribution in [-0.2, 0) is 0 Å². The second-order valence-electron chi connectivity index (χ2n) is 3.59. The van der Waals surface area contributed by atoms with Crippen LogP contribution in [0.2, 0.25) is 0 Å². The highest BCUT2D eigenvalue weighted by molar-refractivity contribution is 4.66. The summed E-state index contributed by atoms with van der Waals surface area (Å²) in [4.78, 5) is 0. The van der Waals surface area contributed by atoms with Gasteiger partial charge >= 0.3 is 0 Å². The topological polar surface area (TPSA) is 0 Å². The van der Waals surface area contributed by atoms with Gasteiger partial charge in [-0.15, -0.1) is 0 Å². The molecule has 1 rings (SSSR count). The minimum atomic E-state index is 0.993. The highest BCUT2D eigenvalue weighted by atomic mass is 14.2. The fourth-order valence-electron chi connectivity index (χ4n) is 1.68. The molecule has 0 aliphatic heterocycles. The average molecular weight is 126 g/mol. The molecule has 0 saturated heterocycles. The lowest BCUT2D eigenvalue weighted by Crippen LogP contribution is -2.04. The lowest BCUT2D eigenvalue weighted by Gasteiger charge is -2.14. The zero-order valence-electron chi connectivity index (χ0n) is 6.69. The first-order chi connectivity index (χ1) is 4.30. The first-order valence-electron chi connectivity index (χ1n) is 4.30. The smallest absolute Gasteiger partial charge is 0.0417 e. The molecule has 0 aromatic carbocycles. The van der Waals surface area contributed by atoms with Crippen LogP contribution in [0.3, 0.4) is 0 Å². The number of hydrogen-bond donors (Lipinski definition) is 0. The number of hydrogen-bond acceptors (Lipinski definition) is 0. The summed E-state index contributed by atoms with van der Waals surface area (Å²) in [6, 6.07) is 0. The van der Waals surface area contributed by atoms with Gasteiger partial charge in [-0.3, -0.25) is 0 Å². The van der Waals surface area contributed by atoms with Crippen LogP contribution in [-0.4, -0.2) is 0 Å². The first kappa shape index (κ1) is 7.11. The SMILES string of the molecule is C[C@@H]1CCCCC[C@H]1C. The predicted octanol–water partition coefficient (Wildman–Crippen LogP) is 3.22. The Kier molecular flexibility index (Phi) is 2.56. The molecular formula is C9H18. The largest absolute Gasteiger partial charge is 0.0623 e. The Morgan fingerprint density at radius 1 is 0.778 bits per heavy atom. The van der Waals surface area contributed by atoms with E-state index in [-0.39, 0.29) is 0 Å². The molecule has 1 aliphatic carbocycles. The van der Waals surface area contributed by atoms with Crippen LogP contribution in [0.4, 0.5) is 0 Å². The Labute approximate surface area is 58.7 Å². The highest BCUT2D eigenvalue weighted by Gasteiger charge is 2.14. The fourth-order valence-corrected chi connectivity index (χ4v) is 1.68. The Bertz CT molecular complexity index is 66.1. The van der Waals surface area contributed by atoms with Gasteiger partial charge in [0.2, 0.25) is 0 Å². The molecule has 1 saturated carbocycles. The van der Waals surface area contributed by atoms with E-state index in [0.717, 1.165) is 11.8 Å². The van der Waals surface area contributed by atoms with E-state index in [2.05, 4.69) is 13.8 Å². The Balaban J connectivity index is 2.32. The van der Waals surface area contributed by atoms with Gasteiger partial charge in [0.15, 0.2) is 0 Å². The third kappa shape index (κ3) is 2.00. The molecule has 54 valence electrons. The summed E-state index contributed by atoms with van der Waals surface area (Å²) in [5.41, 5.74) is 0. The molecule has 0 N–H and O–H groups in total. The van der Waals surface area contributed by atoms with Crippen molar-refractivity contribution in [1.82, 2.24) is 0 Å². The van der Waals surface area contributed by atoms with Crippen molar-refractivity contribution in [3.05, 3.63) is 0 Å². The molecule has 0 aromatic rings. The summed E-state index contributed by atoms with van der Waals surface area (Å²) in [6.45, 7) is 4.80. The van der Waals surface area contributed by atoms with Crippen LogP contribution >= 0.6 is 0 Å². The van der Waals surface area contributed by atoms with Crippen molar-refractivity contribution in [2.75, 3.05) is 0 Å². The molecule has 2 atom stereocenters. The van der Waals surface area contributed by atoms with Crippen LogP contribution in [0.5, 0.6) is 0 Å². The van der Waals surface area contributed by atoms with E-state index in [0.29, 0.717) is 0 Å². The maximum absolute atomic E-state index is 2.40. The highest BCUT2D eigenvalue weighted by Crippen LogP contribution is 2.27. The zero-order valence-corrected chi connectivity index (χ0v) is 6.69. The summed E-state index contributed by atoms with van der Waals surface area (Å²) >= 11 is 0. The van der Waals surface area contributed by atoms with E-state index in [9.17, 15) is 0 Å². The van der Waals surface area contributed by atoms with E-state index in [1.165, 1.54) is 32.1 Å². The molecule has 0 aromatic heterocycles. The van der Waals surface area contributed by atoms with Gasteiger partial charge in [-0.1, -0.05) is 46.0 Å². The molecule has 0 heterocycles. The molecule has 1 aliphatic rings. The van der Waals surface area contributed by atoms with Gasteiger partial charge in [-0.25, -0.2) is 0 Å². The summed E-state index contributed by atoms with van der Waals surface area (Å²) < 4.78 is 0. The van der Waals surface area contributed by atoms with E-state index in [1.54, 1.807) is 0 Å². The van der Waals surface area contributed by atoms with E-state index in [1.807, 2.05) is 0 Å². The van der Waals surface area contributed by atoms with E-state index in [4.69, 9.17) is 0 Å². The lowest BCUT2D eigenvalue weighted by atomic mass is 9.92. The quantitative estimate of drug-likeness (QED) is 0.437. The molecule has 0 unspecified atom stereocenters. The van der Waals surface area contributed by atoms with Crippen molar-refractivity contribution in [3.8, 4) is 0 Å². The first-order valence-corrected chi connectivity index (χ1v) is 4.30. The molecule has 0 heteroatoms. The van der Waals surface area contributed by atoms with Crippen LogP contribution in [0.1, 0.15) is 46.0 Å². The van der Waals surface area contributed by atoms with Crippen LogP contribution in [0, 0.1) is 11.8 Å². The maximum atomic E-state index is 2.40. The van der Waals surface area contributed by atoms with Gasteiger partial charge in [0.05, 0.1) is 0 Å². The van der Waals surface area contributed by atoms with Gasteiger partial charge < -0.3 is 0 Å². The van der Waals surface area contributed by atoms with Gasteiger partial charge in [-0.05, 0) is 11.8 Å². The monoisotopic (exact) mass is 126 g/mol. The summed E-state index contributed by atoms with van der Waals surface area (Å²) in [5, 5.41) is 0. The van der Waals surface area contributed by atoms with Gasteiger partial charge in [-0.2, -0.15) is 0 Å². The van der Waals surface area contributed by atoms with Gasteiger partial charge in [0.1, 0.15) is 0 Å². The summed E-state index contributed by atoms with van der Waals surface area (Å²) in [6.07, 6.45) is 7.38. The normalized spacial score (nSPS) is 38.0. The van der Waals surface area contributed by atoms with Crippen LogP contribution < -0.4 is 0 Å². The van der Waals surface area contributed by atoms with Crippen LogP contribution in [0.15, 0.2) is 0 Å². The Hall–Kier alpha value is 0. The fraction of sp³-hybridized carbons (Fsp3) is 1.00. The van der Waals surface area contributed by atoms with Crippen molar-refractivity contribution in [2.24, 2.45) is 11.8 Å². The van der Waals surface area contributed by atoms with Crippen molar-refractivity contribution in [2.45, 2.75) is 46.0 Å². The van der Waals surface area contributed by atoms with E-state index < -0.39 is 0 Å². The minimum absolute atomic E-state index is 0.993. The molecular weight excluding hydrogens is 108 g/mol. The zero-order chi connectivity index (χ0) is 6.69. The molecule has 0 amide bonds. The van der Waals surface area contributed by atoms with Crippen molar-refractivity contribution in [3.63, 3.8) is 0 Å². The molecule has 1 fully saturated rings. The van der Waals surface area contributed by atoms with Gasteiger partial charge in [0, 0.05) is 0 Å². The second-order valence-corrected chi connectivity index (χ2v) is 3.59. The minimum Gasteiger partial charge on any atom is -0.0623 e. The van der Waals surface area contributed by atoms with Crippen molar-refractivity contribution < 1.29 is 0 Å². The third-order valence-corrected chi connectivity index (χ3v) is 2.79. The van der Waals surface area contributed by atoms with Crippen molar-refractivity contribution >= 4 is 0 Å².